The highest BCUT2D eigenvalue weighted by Gasteiger charge is 2.33. The summed E-state index contributed by atoms with van der Waals surface area (Å²) in [7, 11) is 0. The molecular formula is C10H14ClN3O. The lowest BCUT2D eigenvalue weighted by Crippen LogP contribution is -2.52. The van der Waals surface area contributed by atoms with Crippen molar-refractivity contribution in [1.82, 2.24) is 10.2 Å². The monoisotopic (exact) mass is 227 g/mol. The van der Waals surface area contributed by atoms with Gasteiger partial charge in [-0.2, -0.15) is 5.10 Å². The lowest BCUT2D eigenvalue weighted by atomic mass is 10.1. The molecule has 1 aliphatic heterocycles. The van der Waals surface area contributed by atoms with Gasteiger partial charge in [0.25, 0.3) is 0 Å². The highest BCUT2D eigenvalue weighted by molar-refractivity contribution is 6.22. The summed E-state index contributed by atoms with van der Waals surface area (Å²) < 4.78 is 5.61. The normalized spacial score (nSPS) is 25.3. The Morgan fingerprint density at radius 3 is 3.07 bits per heavy atom. The standard InChI is InChI=1S/C10H14ClN3O/c1-10(2)7-14(8(11)6-15-10)9-4-3-5-12-13-9/h3-5,8H,6-7H2,1-2H3. The maximum absolute atomic E-state index is 6.18. The summed E-state index contributed by atoms with van der Waals surface area (Å²) in [5, 5.41) is 7.91. The molecule has 0 aromatic carbocycles. The second-order valence-electron chi connectivity index (χ2n) is 4.21. The van der Waals surface area contributed by atoms with Crippen LogP contribution in [0.4, 0.5) is 5.82 Å². The predicted molar refractivity (Wildman–Crippen MR) is 59.1 cm³/mol. The average molecular weight is 228 g/mol. The summed E-state index contributed by atoms with van der Waals surface area (Å²) in [5.74, 6) is 0.800. The van der Waals surface area contributed by atoms with Gasteiger partial charge in [-0.05, 0) is 26.0 Å². The van der Waals surface area contributed by atoms with E-state index in [0.29, 0.717) is 6.61 Å². The van der Waals surface area contributed by atoms with Crippen LogP contribution in [0.5, 0.6) is 0 Å². The zero-order valence-electron chi connectivity index (χ0n) is 8.85. The van der Waals surface area contributed by atoms with Gasteiger partial charge in [0.05, 0.1) is 12.2 Å². The van der Waals surface area contributed by atoms with E-state index in [1.165, 1.54) is 0 Å². The largest absolute Gasteiger partial charge is 0.370 e. The molecule has 0 amide bonds. The zero-order valence-corrected chi connectivity index (χ0v) is 9.61. The summed E-state index contributed by atoms with van der Waals surface area (Å²) in [4.78, 5) is 2.01. The maximum Gasteiger partial charge on any atom is 0.152 e. The fourth-order valence-electron chi connectivity index (χ4n) is 1.61. The van der Waals surface area contributed by atoms with Crippen LogP contribution in [0.3, 0.4) is 0 Å². The molecule has 0 aliphatic carbocycles. The highest BCUT2D eigenvalue weighted by atomic mass is 35.5. The van der Waals surface area contributed by atoms with Crippen LogP contribution in [0.2, 0.25) is 0 Å². The van der Waals surface area contributed by atoms with E-state index in [1.54, 1.807) is 6.20 Å². The van der Waals surface area contributed by atoms with Crippen LogP contribution in [0, 0.1) is 0 Å². The lowest BCUT2D eigenvalue weighted by molar-refractivity contribution is -0.0339. The minimum absolute atomic E-state index is 0.172. The smallest absolute Gasteiger partial charge is 0.152 e. The number of rotatable bonds is 1. The van der Waals surface area contributed by atoms with Crippen molar-refractivity contribution in [3.63, 3.8) is 0 Å². The van der Waals surface area contributed by atoms with Gasteiger partial charge in [-0.25, -0.2) is 0 Å². The van der Waals surface area contributed by atoms with Crippen LogP contribution < -0.4 is 4.90 Å². The van der Waals surface area contributed by atoms with E-state index in [4.69, 9.17) is 16.3 Å². The number of alkyl halides is 1. The fourth-order valence-corrected chi connectivity index (χ4v) is 1.84. The molecule has 1 atom stereocenters. The molecule has 2 heterocycles. The van der Waals surface area contributed by atoms with Gasteiger partial charge < -0.3 is 9.64 Å². The minimum Gasteiger partial charge on any atom is -0.370 e. The Labute approximate surface area is 94.2 Å². The number of ether oxygens (including phenoxy) is 1. The lowest BCUT2D eigenvalue weighted by Gasteiger charge is -2.41. The van der Waals surface area contributed by atoms with E-state index in [-0.39, 0.29) is 11.1 Å². The van der Waals surface area contributed by atoms with Crippen LogP contribution in [0.15, 0.2) is 18.3 Å². The van der Waals surface area contributed by atoms with Crippen molar-refractivity contribution in [1.29, 1.82) is 0 Å². The molecule has 4 nitrogen and oxygen atoms in total. The molecule has 0 saturated carbocycles. The highest BCUT2D eigenvalue weighted by Crippen LogP contribution is 2.26. The van der Waals surface area contributed by atoms with Crippen LogP contribution in [0.1, 0.15) is 13.8 Å². The number of anilines is 1. The van der Waals surface area contributed by atoms with E-state index >= 15 is 0 Å². The Morgan fingerprint density at radius 1 is 1.60 bits per heavy atom. The number of morpholine rings is 1. The molecule has 1 unspecified atom stereocenters. The number of hydrogen-bond acceptors (Lipinski definition) is 4. The van der Waals surface area contributed by atoms with Crippen LogP contribution in [0.25, 0.3) is 0 Å². The molecule has 1 saturated heterocycles. The van der Waals surface area contributed by atoms with Crippen LogP contribution in [-0.2, 0) is 4.74 Å². The molecule has 1 aliphatic rings. The van der Waals surface area contributed by atoms with Crippen LogP contribution >= 0.6 is 11.6 Å². The summed E-state index contributed by atoms with van der Waals surface area (Å²) in [6.07, 6.45) is 1.65. The van der Waals surface area contributed by atoms with Crippen molar-refractivity contribution < 1.29 is 4.74 Å². The number of halogens is 1. The zero-order chi connectivity index (χ0) is 10.9. The molecule has 15 heavy (non-hydrogen) atoms. The third-order valence-corrected chi connectivity index (χ3v) is 2.71. The topological polar surface area (TPSA) is 38.2 Å². The van der Waals surface area contributed by atoms with Gasteiger partial charge in [-0.1, -0.05) is 11.6 Å². The average Bonchev–Trinajstić information content (AvgIpc) is 2.23. The SMILES string of the molecule is CC1(C)CN(c2cccnn2)C(Cl)CO1. The van der Waals surface area contributed by atoms with Gasteiger partial charge in [-0.15, -0.1) is 5.10 Å². The molecule has 0 radical (unpaired) electrons. The second-order valence-corrected chi connectivity index (χ2v) is 4.72. The van der Waals surface area contributed by atoms with E-state index < -0.39 is 0 Å². The first-order valence-corrected chi connectivity index (χ1v) is 5.34. The van der Waals surface area contributed by atoms with Gasteiger partial charge >= 0.3 is 0 Å². The molecule has 5 heteroatoms. The molecule has 82 valence electrons. The Kier molecular flexibility index (Phi) is 2.80. The number of aromatic nitrogens is 2. The maximum atomic E-state index is 6.18. The van der Waals surface area contributed by atoms with Gasteiger partial charge in [0.2, 0.25) is 0 Å². The second kappa shape index (κ2) is 3.94. The summed E-state index contributed by atoms with van der Waals surface area (Å²) >= 11 is 6.18. The molecule has 1 aromatic heterocycles. The van der Waals surface area contributed by atoms with E-state index in [2.05, 4.69) is 10.2 Å². The van der Waals surface area contributed by atoms with E-state index in [1.807, 2.05) is 30.9 Å². The minimum atomic E-state index is -0.192. The quantitative estimate of drug-likeness (QED) is 0.540. The molecular weight excluding hydrogens is 214 g/mol. The van der Waals surface area contributed by atoms with Crippen molar-refractivity contribution in [2.24, 2.45) is 0 Å². The van der Waals surface area contributed by atoms with Crippen LogP contribution in [-0.4, -0.2) is 34.5 Å². The number of hydrogen-bond donors (Lipinski definition) is 0. The predicted octanol–water partition coefficient (Wildman–Crippen LogP) is 1.66. The molecule has 0 bridgehead atoms. The van der Waals surface area contributed by atoms with Crippen molar-refractivity contribution >= 4 is 17.4 Å². The fraction of sp³-hybridized carbons (Fsp3) is 0.600. The summed E-state index contributed by atoms with van der Waals surface area (Å²) in [6.45, 7) is 5.31. The Hall–Kier alpha value is -0.870. The first-order chi connectivity index (χ1) is 7.08. The molecule has 1 aromatic rings. The van der Waals surface area contributed by atoms with E-state index in [0.717, 1.165) is 12.4 Å². The molecule has 0 N–H and O–H groups in total. The Bertz CT molecular complexity index is 331. The van der Waals surface area contributed by atoms with Gasteiger partial charge in [-0.3, -0.25) is 0 Å². The van der Waals surface area contributed by atoms with Crippen molar-refractivity contribution in [3.8, 4) is 0 Å². The van der Waals surface area contributed by atoms with Gasteiger partial charge in [0.1, 0.15) is 5.50 Å². The summed E-state index contributed by atoms with van der Waals surface area (Å²) in [5.41, 5.74) is -0.363. The Balaban J connectivity index is 2.20. The van der Waals surface area contributed by atoms with Crippen molar-refractivity contribution in [2.75, 3.05) is 18.1 Å². The number of nitrogens with zero attached hydrogens (tertiary/aromatic N) is 3. The van der Waals surface area contributed by atoms with Crippen molar-refractivity contribution in [3.05, 3.63) is 18.3 Å². The first kappa shape index (κ1) is 10.6. The first-order valence-electron chi connectivity index (χ1n) is 4.91. The molecule has 0 spiro atoms. The third-order valence-electron chi connectivity index (χ3n) is 2.35. The third kappa shape index (κ3) is 2.38. The Morgan fingerprint density at radius 2 is 2.40 bits per heavy atom. The molecule has 1 fully saturated rings. The van der Waals surface area contributed by atoms with E-state index in [9.17, 15) is 0 Å². The van der Waals surface area contributed by atoms with Crippen molar-refractivity contribution in [2.45, 2.75) is 24.9 Å². The molecule has 2 rings (SSSR count). The van der Waals surface area contributed by atoms with Gasteiger partial charge in [0.15, 0.2) is 5.82 Å². The summed E-state index contributed by atoms with van der Waals surface area (Å²) in [6, 6.07) is 3.76. The van der Waals surface area contributed by atoms with Gasteiger partial charge in [0, 0.05) is 12.7 Å².